The van der Waals surface area contributed by atoms with Crippen molar-refractivity contribution in [1.82, 2.24) is 15.5 Å². The molecule has 0 aliphatic carbocycles. The number of aromatic nitrogens is 2. The second-order valence-electron chi connectivity index (χ2n) is 4.58. The molecule has 1 aromatic heterocycles. The number of nitrogens with two attached hydrogens (primary N) is 1. The number of aromatic amines is 1. The van der Waals surface area contributed by atoms with Gasteiger partial charge in [-0.1, -0.05) is 12.1 Å². The molecule has 2 rings (SSSR count). The monoisotopic (exact) mass is 274 g/mol. The van der Waals surface area contributed by atoms with E-state index in [4.69, 9.17) is 10.5 Å². The molecule has 0 spiro atoms. The number of hydrogen-bond donors (Lipinski definition) is 3. The van der Waals surface area contributed by atoms with E-state index in [1.54, 1.807) is 14.0 Å². The number of methoxy groups -OCH3 is 1. The Bertz CT molecular complexity index is 585. The van der Waals surface area contributed by atoms with Crippen molar-refractivity contribution in [2.45, 2.75) is 19.9 Å². The van der Waals surface area contributed by atoms with Gasteiger partial charge in [0, 0.05) is 5.69 Å². The number of nitrogens with one attached hydrogen (secondary N) is 2. The normalized spacial score (nSPS) is 11.9. The molecular weight excluding hydrogens is 256 g/mol. The average Bonchev–Trinajstić information content (AvgIpc) is 2.78. The van der Waals surface area contributed by atoms with Gasteiger partial charge in [0.25, 0.3) is 5.91 Å². The number of rotatable bonds is 4. The summed E-state index contributed by atoms with van der Waals surface area (Å²) in [4.78, 5) is 12.2. The number of hydrogen-bond acceptors (Lipinski definition) is 4. The van der Waals surface area contributed by atoms with Crippen molar-refractivity contribution in [3.63, 3.8) is 0 Å². The largest absolute Gasteiger partial charge is 0.497 e. The van der Waals surface area contributed by atoms with Crippen LogP contribution in [0.15, 0.2) is 24.3 Å². The fourth-order valence-electron chi connectivity index (χ4n) is 1.98. The lowest BCUT2D eigenvalue weighted by Gasteiger charge is -2.14. The van der Waals surface area contributed by atoms with Crippen molar-refractivity contribution >= 4 is 11.7 Å². The van der Waals surface area contributed by atoms with E-state index in [2.05, 4.69) is 15.5 Å². The van der Waals surface area contributed by atoms with Gasteiger partial charge in [-0.25, -0.2) is 0 Å². The van der Waals surface area contributed by atoms with Crippen LogP contribution in [0, 0.1) is 6.92 Å². The van der Waals surface area contributed by atoms with Crippen LogP contribution in [0.25, 0.3) is 0 Å². The van der Waals surface area contributed by atoms with Gasteiger partial charge in [0.2, 0.25) is 0 Å². The number of ether oxygens (including phenoxy) is 1. The maximum Gasteiger partial charge on any atom is 0.257 e. The van der Waals surface area contributed by atoms with E-state index in [0.29, 0.717) is 11.3 Å². The van der Waals surface area contributed by atoms with E-state index < -0.39 is 0 Å². The van der Waals surface area contributed by atoms with Crippen LogP contribution in [0.5, 0.6) is 5.75 Å². The standard InChI is InChI=1S/C14H18N4O2/c1-8(10-4-6-11(20-3)7-5-10)16-14(19)12-9(2)17-18-13(12)15/h4-8H,1-3H3,(H,16,19)(H3,15,17,18). The topological polar surface area (TPSA) is 93.0 Å². The molecule has 1 aromatic carbocycles. The maximum atomic E-state index is 12.2. The minimum absolute atomic E-state index is 0.137. The van der Waals surface area contributed by atoms with Gasteiger partial charge in [0.1, 0.15) is 11.3 Å². The molecule has 4 N–H and O–H groups in total. The van der Waals surface area contributed by atoms with Crippen LogP contribution in [0.2, 0.25) is 0 Å². The minimum Gasteiger partial charge on any atom is -0.497 e. The lowest BCUT2D eigenvalue weighted by molar-refractivity contribution is 0.0940. The molecule has 1 unspecified atom stereocenters. The second-order valence-corrected chi connectivity index (χ2v) is 4.58. The molecule has 0 bridgehead atoms. The number of nitrogens with zero attached hydrogens (tertiary/aromatic N) is 1. The second kappa shape index (κ2) is 5.64. The molecule has 0 fully saturated rings. The smallest absolute Gasteiger partial charge is 0.257 e. The number of aryl methyl sites for hydroxylation is 1. The number of H-pyrrole nitrogens is 1. The first-order chi connectivity index (χ1) is 9.52. The molecule has 0 aliphatic rings. The van der Waals surface area contributed by atoms with E-state index in [9.17, 15) is 4.79 Å². The summed E-state index contributed by atoms with van der Waals surface area (Å²) in [6.45, 7) is 3.67. The minimum atomic E-state index is -0.239. The highest BCUT2D eigenvalue weighted by atomic mass is 16.5. The van der Waals surface area contributed by atoms with Crippen molar-refractivity contribution < 1.29 is 9.53 Å². The Morgan fingerprint density at radius 1 is 1.40 bits per heavy atom. The maximum absolute atomic E-state index is 12.2. The zero-order valence-corrected chi connectivity index (χ0v) is 11.7. The molecule has 6 heteroatoms. The van der Waals surface area contributed by atoms with Gasteiger partial charge in [-0.2, -0.15) is 5.10 Å². The lowest BCUT2D eigenvalue weighted by atomic mass is 10.1. The first-order valence-electron chi connectivity index (χ1n) is 6.28. The Balaban J connectivity index is 2.11. The van der Waals surface area contributed by atoms with Crippen molar-refractivity contribution in [3.8, 4) is 5.75 Å². The van der Waals surface area contributed by atoms with Crippen molar-refractivity contribution in [3.05, 3.63) is 41.1 Å². The zero-order valence-electron chi connectivity index (χ0n) is 11.7. The molecule has 6 nitrogen and oxygen atoms in total. The molecule has 0 saturated carbocycles. The lowest BCUT2D eigenvalue weighted by Crippen LogP contribution is -2.27. The third-order valence-electron chi connectivity index (χ3n) is 3.17. The Labute approximate surface area is 117 Å². The summed E-state index contributed by atoms with van der Waals surface area (Å²) in [5, 5.41) is 9.41. The number of carbonyl (C=O) groups excluding carboxylic acids is 1. The summed E-state index contributed by atoms with van der Waals surface area (Å²) < 4.78 is 5.10. The first kappa shape index (κ1) is 13.9. The van der Waals surface area contributed by atoms with Crippen LogP contribution in [-0.2, 0) is 0 Å². The highest BCUT2D eigenvalue weighted by molar-refractivity contribution is 5.99. The predicted octanol–water partition coefficient (Wildman–Crippen LogP) is 1.80. The fourth-order valence-corrected chi connectivity index (χ4v) is 1.98. The summed E-state index contributed by atoms with van der Waals surface area (Å²) >= 11 is 0. The molecule has 106 valence electrons. The summed E-state index contributed by atoms with van der Waals surface area (Å²) in [7, 11) is 1.62. The molecule has 0 saturated heterocycles. The van der Waals surface area contributed by atoms with Crippen LogP contribution >= 0.6 is 0 Å². The summed E-state index contributed by atoms with van der Waals surface area (Å²) in [5.74, 6) is 0.751. The third kappa shape index (κ3) is 2.74. The Kier molecular flexibility index (Phi) is 3.93. The van der Waals surface area contributed by atoms with Gasteiger partial charge >= 0.3 is 0 Å². The molecular formula is C14H18N4O2. The van der Waals surface area contributed by atoms with E-state index >= 15 is 0 Å². The van der Waals surface area contributed by atoms with E-state index in [1.165, 1.54) is 0 Å². The molecule has 20 heavy (non-hydrogen) atoms. The number of anilines is 1. The van der Waals surface area contributed by atoms with Crippen LogP contribution in [-0.4, -0.2) is 23.2 Å². The first-order valence-corrected chi connectivity index (χ1v) is 6.28. The Morgan fingerprint density at radius 2 is 2.05 bits per heavy atom. The SMILES string of the molecule is COc1ccc(C(C)NC(=O)c2c(N)n[nH]c2C)cc1. The van der Waals surface area contributed by atoms with E-state index in [0.717, 1.165) is 11.3 Å². The molecule has 1 atom stereocenters. The van der Waals surface area contributed by atoms with Crippen LogP contribution in [0.3, 0.4) is 0 Å². The van der Waals surface area contributed by atoms with Crippen molar-refractivity contribution in [2.75, 3.05) is 12.8 Å². The third-order valence-corrected chi connectivity index (χ3v) is 3.17. The van der Waals surface area contributed by atoms with E-state index in [1.807, 2.05) is 31.2 Å². The summed E-state index contributed by atoms with van der Waals surface area (Å²) in [5.41, 5.74) is 7.71. The summed E-state index contributed by atoms with van der Waals surface area (Å²) in [6, 6.07) is 7.40. The number of benzene rings is 1. The van der Waals surface area contributed by atoms with Crippen molar-refractivity contribution in [2.24, 2.45) is 0 Å². The van der Waals surface area contributed by atoms with Crippen LogP contribution in [0.1, 0.15) is 34.6 Å². The zero-order chi connectivity index (χ0) is 14.7. The Morgan fingerprint density at radius 3 is 2.55 bits per heavy atom. The van der Waals surface area contributed by atoms with Gasteiger partial charge < -0.3 is 15.8 Å². The highest BCUT2D eigenvalue weighted by Gasteiger charge is 2.18. The molecule has 1 amide bonds. The molecule has 1 heterocycles. The van der Waals surface area contributed by atoms with Crippen LogP contribution in [0.4, 0.5) is 5.82 Å². The number of carbonyl (C=O) groups is 1. The van der Waals surface area contributed by atoms with E-state index in [-0.39, 0.29) is 17.8 Å². The van der Waals surface area contributed by atoms with Crippen LogP contribution < -0.4 is 15.8 Å². The quantitative estimate of drug-likeness (QED) is 0.792. The predicted molar refractivity (Wildman–Crippen MR) is 76.6 cm³/mol. The van der Waals surface area contributed by atoms with Gasteiger partial charge in [-0.05, 0) is 31.5 Å². The van der Waals surface area contributed by atoms with Gasteiger partial charge in [-0.15, -0.1) is 0 Å². The number of amides is 1. The van der Waals surface area contributed by atoms with Gasteiger partial charge in [0.15, 0.2) is 5.82 Å². The molecule has 0 radical (unpaired) electrons. The summed E-state index contributed by atoms with van der Waals surface area (Å²) in [6.07, 6.45) is 0. The Hall–Kier alpha value is -2.50. The van der Waals surface area contributed by atoms with Gasteiger partial charge in [0.05, 0.1) is 13.2 Å². The highest BCUT2D eigenvalue weighted by Crippen LogP contribution is 2.19. The molecule has 2 aromatic rings. The fraction of sp³-hybridized carbons (Fsp3) is 0.286. The van der Waals surface area contributed by atoms with Gasteiger partial charge in [-0.3, -0.25) is 9.89 Å². The molecule has 0 aliphatic heterocycles. The number of nitrogen functional groups attached to an aromatic ring is 1. The van der Waals surface area contributed by atoms with Crippen molar-refractivity contribution in [1.29, 1.82) is 0 Å². The average molecular weight is 274 g/mol.